The van der Waals surface area contributed by atoms with Crippen LogP contribution in [-0.2, 0) is 11.8 Å². The Balaban J connectivity index is 1.54. The number of nitrogens with zero attached hydrogens (tertiary/aromatic N) is 2. The Morgan fingerprint density at radius 1 is 1.42 bits per heavy atom. The summed E-state index contributed by atoms with van der Waals surface area (Å²) < 4.78 is 18.1. The van der Waals surface area contributed by atoms with Crippen molar-refractivity contribution in [2.24, 2.45) is 7.05 Å². The third-order valence-corrected chi connectivity index (χ3v) is 4.53. The maximum absolute atomic E-state index is 12.6. The number of benzene rings is 1. The molecule has 1 fully saturated rings. The Labute approximate surface area is 143 Å². The molecule has 4 rings (SSSR count). The van der Waals surface area contributed by atoms with E-state index in [0.717, 1.165) is 12.1 Å². The summed E-state index contributed by atoms with van der Waals surface area (Å²) in [5, 5.41) is 7.54. The summed E-state index contributed by atoms with van der Waals surface area (Å²) in [6.45, 7) is 0.696. The van der Waals surface area contributed by atoms with Crippen molar-refractivity contribution in [3.63, 3.8) is 0 Å². The second-order valence-electron chi connectivity index (χ2n) is 5.73. The number of fused-ring (bicyclic) bond motifs is 1. The Bertz CT molecular complexity index is 792. The van der Waals surface area contributed by atoms with Gasteiger partial charge in [-0.2, -0.15) is 5.10 Å². The first-order valence-electron chi connectivity index (χ1n) is 7.63. The van der Waals surface area contributed by atoms with E-state index in [4.69, 9.17) is 25.8 Å². The quantitative estimate of drug-likeness (QED) is 0.918. The fraction of sp³-hybridized carbons (Fsp3) is 0.375. The molecule has 1 saturated heterocycles. The zero-order chi connectivity index (χ0) is 16.7. The van der Waals surface area contributed by atoms with Crippen molar-refractivity contribution < 1.29 is 19.0 Å². The van der Waals surface area contributed by atoms with E-state index in [-0.39, 0.29) is 24.8 Å². The Kier molecular flexibility index (Phi) is 3.82. The molecular formula is C16H16ClN3O4. The molecule has 1 aromatic heterocycles. The Morgan fingerprint density at radius 3 is 3.08 bits per heavy atom. The molecule has 1 amide bonds. The smallest absolute Gasteiger partial charge is 0.251 e. The van der Waals surface area contributed by atoms with E-state index < -0.39 is 0 Å². The summed E-state index contributed by atoms with van der Waals surface area (Å²) in [7, 11) is 1.85. The molecule has 7 nitrogen and oxygen atoms in total. The van der Waals surface area contributed by atoms with E-state index in [0.29, 0.717) is 28.7 Å². The lowest BCUT2D eigenvalue weighted by Crippen LogP contribution is -2.37. The third-order valence-electron chi connectivity index (χ3n) is 4.25. The Hall–Kier alpha value is -2.25. The van der Waals surface area contributed by atoms with Gasteiger partial charge >= 0.3 is 0 Å². The maximum Gasteiger partial charge on any atom is 0.251 e. The number of aromatic nitrogens is 2. The number of amides is 1. The lowest BCUT2D eigenvalue weighted by atomic mass is 10.1. The van der Waals surface area contributed by atoms with Crippen LogP contribution in [0.15, 0.2) is 24.4 Å². The highest BCUT2D eigenvalue weighted by atomic mass is 35.5. The van der Waals surface area contributed by atoms with Gasteiger partial charge in [0.25, 0.3) is 5.91 Å². The average molecular weight is 350 g/mol. The number of nitrogens with one attached hydrogen (secondary N) is 1. The van der Waals surface area contributed by atoms with Crippen molar-refractivity contribution >= 4 is 17.5 Å². The van der Waals surface area contributed by atoms with Crippen LogP contribution in [0.3, 0.4) is 0 Å². The van der Waals surface area contributed by atoms with Gasteiger partial charge in [-0.3, -0.25) is 9.48 Å². The number of carbonyl (C=O) groups is 1. The van der Waals surface area contributed by atoms with Crippen molar-refractivity contribution in [2.45, 2.75) is 18.6 Å². The van der Waals surface area contributed by atoms with Gasteiger partial charge in [-0.15, -0.1) is 0 Å². The molecule has 2 aromatic rings. The van der Waals surface area contributed by atoms with E-state index in [1.807, 2.05) is 13.1 Å². The predicted molar refractivity (Wildman–Crippen MR) is 85.3 cm³/mol. The van der Waals surface area contributed by atoms with Crippen LogP contribution in [0.2, 0.25) is 5.02 Å². The zero-order valence-corrected chi connectivity index (χ0v) is 13.7. The highest BCUT2D eigenvalue weighted by Crippen LogP contribution is 2.40. The highest BCUT2D eigenvalue weighted by Gasteiger charge is 2.33. The molecule has 24 heavy (non-hydrogen) atoms. The number of halogens is 1. The number of aryl methyl sites for hydroxylation is 1. The number of hydrogen-bond acceptors (Lipinski definition) is 5. The zero-order valence-electron chi connectivity index (χ0n) is 13.0. The molecule has 2 aliphatic rings. The fourth-order valence-corrected chi connectivity index (χ4v) is 3.31. The van der Waals surface area contributed by atoms with Crippen LogP contribution in [0.4, 0.5) is 0 Å². The van der Waals surface area contributed by atoms with Gasteiger partial charge in [-0.05, 0) is 24.6 Å². The summed E-state index contributed by atoms with van der Waals surface area (Å²) in [5.41, 5.74) is 1.36. The SMILES string of the molecule is Cn1nccc1[C@H]1OCC[C@@H]1NC(=O)c1cc(Cl)c2c(c1)OCO2. The van der Waals surface area contributed by atoms with Crippen molar-refractivity contribution in [3.05, 3.63) is 40.7 Å². The third kappa shape index (κ3) is 2.59. The van der Waals surface area contributed by atoms with Gasteiger partial charge in [0.1, 0.15) is 6.10 Å². The molecule has 0 aliphatic carbocycles. The average Bonchev–Trinajstić information content (AvgIpc) is 3.27. The minimum atomic E-state index is -0.224. The van der Waals surface area contributed by atoms with Gasteiger partial charge in [0, 0.05) is 25.4 Å². The van der Waals surface area contributed by atoms with Gasteiger partial charge in [0.15, 0.2) is 11.5 Å². The van der Waals surface area contributed by atoms with Crippen LogP contribution in [0.25, 0.3) is 0 Å². The van der Waals surface area contributed by atoms with Gasteiger partial charge in [-0.25, -0.2) is 0 Å². The highest BCUT2D eigenvalue weighted by molar-refractivity contribution is 6.32. The molecule has 3 heterocycles. The molecule has 0 bridgehead atoms. The van der Waals surface area contributed by atoms with E-state index in [1.54, 1.807) is 23.0 Å². The maximum atomic E-state index is 12.6. The molecule has 1 aromatic carbocycles. The summed E-state index contributed by atoms with van der Waals surface area (Å²) in [4.78, 5) is 12.6. The van der Waals surface area contributed by atoms with Crippen LogP contribution < -0.4 is 14.8 Å². The minimum Gasteiger partial charge on any atom is -0.454 e. The number of ether oxygens (including phenoxy) is 3. The summed E-state index contributed by atoms with van der Waals surface area (Å²) in [6.07, 6.45) is 2.24. The summed E-state index contributed by atoms with van der Waals surface area (Å²) in [5.74, 6) is 0.738. The molecule has 0 saturated carbocycles. The first kappa shape index (κ1) is 15.3. The van der Waals surface area contributed by atoms with E-state index in [9.17, 15) is 4.79 Å². The summed E-state index contributed by atoms with van der Waals surface area (Å²) in [6, 6.07) is 4.99. The molecule has 0 radical (unpaired) electrons. The van der Waals surface area contributed by atoms with Gasteiger partial charge in [-0.1, -0.05) is 11.6 Å². The van der Waals surface area contributed by atoms with Crippen molar-refractivity contribution in [1.29, 1.82) is 0 Å². The van der Waals surface area contributed by atoms with Gasteiger partial charge < -0.3 is 19.5 Å². The molecular weight excluding hydrogens is 334 g/mol. The number of rotatable bonds is 3. The monoisotopic (exact) mass is 349 g/mol. The van der Waals surface area contributed by atoms with Crippen LogP contribution in [-0.4, -0.2) is 35.1 Å². The van der Waals surface area contributed by atoms with E-state index >= 15 is 0 Å². The van der Waals surface area contributed by atoms with Gasteiger partial charge in [0.05, 0.1) is 16.8 Å². The van der Waals surface area contributed by atoms with Crippen LogP contribution in [0, 0.1) is 0 Å². The second-order valence-corrected chi connectivity index (χ2v) is 6.14. The summed E-state index contributed by atoms with van der Waals surface area (Å²) >= 11 is 6.14. The second kappa shape index (κ2) is 5.99. The fourth-order valence-electron chi connectivity index (χ4n) is 3.04. The molecule has 0 unspecified atom stereocenters. The largest absolute Gasteiger partial charge is 0.454 e. The van der Waals surface area contributed by atoms with Crippen LogP contribution in [0.1, 0.15) is 28.6 Å². The van der Waals surface area contributed by atoms with Crippen molar-refractivity contribution in [1.82, 2.24) is 15.1 Å². The van der Waals surface area contributed by atoms with Crippen molar-refractivity contribution in [3.8, 4) is 11.5 Å². The molecule has 2 aliphatic heterocycles. The normalized spacial score (nSPS) is 21.9. The predicted octanol–water partition coefficient (Wildman–Crippen LogP) is 2.06. The standard InChI is InChI=1S/C16H16ClN3O4/c1-20-12(2-4-18-20)15-11(3-5-22-15)19-16(21)9-6-10(17)14-13(7-9)23-8-24-14/h2,4,6-7,11,15H,3,5,8H2,1H3,(H,19,21)/t11-,15-/m0/s1. The lowest BCUT2D eigenvalue weighted by Gasteiger charge is -2.20. The van der Waals surface area contributed by atoms with Crippen molar-refractivity contribution in [2.75, 3.05) is 13.4 Å². The van der Waals surface area contributed by atoms with E-state index in [2.05, 4.69) is 10.4 Å². The Morgan fingerprint density at radius 2 is 2.29 bits per heavy atom. The molecule has 8 heteroatoms. The number of carbonyl (C=O) groups excluding carboxylic acids is 1. The van der Waals surface area contributed by atoms with Gasteiger partial charge in [0.2, 0.25) is 6.79 Å². The molecule has 126 valence electrons. The lowest BCUT2D eigenvalue weighted by molar-refractivity contribution is 0.0792. The first-order chi connectivity index (χ1) is 11.6. The first-order valence-corrected chi connectivity index (χ1v) is 8.01. The topological polar surface area (TPSA) is 74.6 Å². The van der Waals surface area contributed by atoms with Crippen LogP contribution in [0.5, 0.6) is 11.5 Å². The molecule has 2 atom stereocenters. The molecule has 0 spiro atoms. The van der Waals surface area contributed by atoms with Crippen LogP contribution >= 0.6 is 11.6 Å². The van der Waals surface area contributed by atoms with E-state index in [1.165, 1.54) is 0 Å². The number of hydrogen-bond donors (Lipinski definition) is 1. The minimum absolute atomic E-state index is 0.110. The molecule has 1 N–H and O–H groups in total.